The zero-order valence-corrected chi connectivity index (χ0v) is 17.6. The fraction of sp³-hybridized carbons (Fsp3) is 0.250. The normalized spacial score (nSPS) is 12.5. The summed E-state index contributed by atoms with van der Waals surface area (Å²) < 4.78 is 58.6. The molecule has 0 fully saturated rings. The minimum absolute atomic E-state index is 0. The molecule has 1 N–H and O–H groups in total. The summed E-state index contributed by atoms with van der Waals surface area (Å²) in [5.74, 6) is 0.344. The maximum atomic E-state index is 12.6. The summed E-state index contributed by atoms with van der Waals surface area (Å²) in [5.41, 5.74) is 2.04. The number of alkyl halides is 3. The van der Waals surface area contributed by atoms with E-state index in [1.165, 1.54) is 13.2 Å². The Labute approximate surface area is 177 Å². The van der Waals surface area contributed by atoms with Gasteiger partial charge >= 0.3 is 35.9 Å². The van der Waals surface area contributed by atoms with Gasteiger partial charge in [0.1, 0.15) is 11.5 Å². The standard InChI is InChI=1S/C16H14F3N3O3S.Na/c1-9-13(20-6-5-14(9)24-2)8-26(23)15-21-11-4-3-10(7-12(11)22-15)25-16(17,18)19;/h3-7H,8H2,1-2H3,(H,21,22);/q;+1. The van der Waals surface area contributed by atoms with Crippen LogP contribution in [-0.2, 0) is 16.6 Å². The Kier molecular flexibility index (Phi) is 6.90. The molecule has 1 atom stereocenters. The molecule has 0 bridgehead atoms. The number of nitrogens with one attached hydrogen (secondary N) is 1. The quantitative estimate of drug-likeness (QED) is 0.622. The zero-order chi connectivity index (χ0) is 18.9. The van der Waals surface area contributed by atoms with Crippen LogP contribution in [0.5, 0.6) is 11.5 Å². The first-order chi connectivity index (χ1) is 12.3. The summed E-state index contributed by atoms with van der Waals surface area (Å²) in [5, 5.41) is 0.146. The van der Waals surface area contributed by atoms with E-state index < -0.39 is 17.2 Å². The Morgan fingerprint density at radius 3 is 2.67 bits per heavy atom. The summed E-state index contributed by atoms with van der Waals surface area (Å²) in [7, 11) is -0.0303. The number of rotatable bonds is 5. The summed E-state index contributed by atoms with van der Waals surface area (Å²) in [4.78, 5) is 11.1. The second-order valence-electron chi connectivity index (χ2n) is 5.34. The fourth-order valence-corrected chi connectivity index (χ4v) is 3.49. The van der Waals surface area contributed by atoms with Gasteiger partial charge in [-0.05, 0) is 25.1 Å². The summed E-state index contributed by atoms with van der Waals surface area (Å²) in [6.45, 7) is 1.80. The number of nitrogens with zero attached hydrogens (tertiary/aromatic N) is 2. The van der Waals surface area contributed by atoms with Crippen molar-refractivity contribution in [1.29, 1.82) is 0 Å². The van der Waals surface area contributed by atoms with Crippen LogP contribution in [0, 0.1) is 6.92 Å². The van der Waals surface area contributed by atoms with E-state index in [1.807, 2.05) is 0 Å². The van der Waals surface area contributed by atoms with Crippen LogP contribution in [0.3, 0.4) is 0 Å². The monoisotopic (exact) mass is 408 g/mol. The van der Waals surface area contributed by atoms with Gasteiger partial charge < -0.3 is 14.5 Å². The van der Waals surface area contributed by atoms with Crippen molar-refractivity contribution in [3.63, 3.8) is 0 Å². The molecule has 11 heteroatoms. The molecule has 0 aliphatic carbocycles. The molecule has 1 aromatic carbocycles. The third-order valence-corrected chi connectivity index (χ3v) is 4.79. The molecule has 0 aliphatic heterocycles. The summed E-state index contributed by atoms with van der Waals surface area (Å²) in [6.07, 6.45) is -3.23. The molecular formula is C16H14F3N3NaO3S+. The third-order valence-electron chi connectivity index (χ3n) is 3.63. The van der Waals surface area contributed by atoms with Gasteiger partial charge in [-0.3, -0.25) is 9.19 Å². The number of methoxy groups -OCH3 is 1. The minimum atomic E-state index is -4.78. The number of halogens is 3. The average Bonchev–Trinajstić information content (AvgIpc) is 2.98. The van der Waals surface area contributed by atoms with E-state index in [9.17, 15) is 17.4 Å². The number of benzene rings is 1. The van der Waals surface area contributed by atoms with Gasteiger partial charge in [0.2, 0.25) is 0 Å². The molecule has 2 aromatic heterocycles. The van der Waals surface area contributed by atoms with E-state index in [0.29, 0.717) is 22.5 Å². The first-order valence-corrected chi connectivity index (χ1v) is 8.71. The van der Waals surface area contributed by atoms with E-state index in [1.54, 1.807) is 19.2 Å². The van der Waals surface area contributed by atoms with Crippen molar-refractivity contribution in [2.45, 2.75) is 24.2 Å². The smallest absolute Gasteiger partial charge is 0.496 e. The van der Waals surface area contributed by atoms with Crippen molar-refractivity contribution >= 4 is 21.8 Å². The van der Waals surface area contributed by atoms with Crippen molar-refractivity contribution in [2.24, 2.45) is 0 Å². The van der Waals surface area contributed by atoms with Crippen molar-refractivity contribution < 1.29 is 56.4 Å². The van der Waals surface area contributed by atoms with E-state index in [-0.39, 0.29) is 46.2 Å². The zero-order valence-electron chi connectivity index (χ0n) is 14.8. The Morgan fingerprint density at radius 1 is 1.26 bits per heavy atom. The van der Waals surface area contributed by atoms with Gasteiger partial charge in [-0.1, -0.05) is 0 Å². The molecule has 0 spiro atoms. The van der Waals surface area contributed by atoms with Crippen LogP contribution in [0.25, 0.3) is 11.0 Å². The Balaban J connectivity index is 0.00000261. The number of fused-ring (bicyclic) bond motifs is 1. The van der Waals surface area contributed by atoms with Crippen molar-refractivity contribution in [3.05, 3.63) is 41.7 Å². The minimum Gasteiger partial charge on any atom is -0.496 e. The van der Waals surface area contributed by atoms with E-state index >= 15 is 0 Å². The van der Waals surface area contributed by atoms with E-state index in [0.717, 1.165) is 17.7 Å². The molecule has 0 radical (unpaired) electrons. The third kappa shape index (κ3) is 5.22. The van der Waals surface area contributed by atoms with Gasteiger partial charge in [-0.2, -0.15) is 0 Å². The number of H-pyrrole nitrogens is 1. The van der Waals surface area contributed by atoms with Crippen LogP contribution in [0.15, 0.2) is 35.6 Å². The second kappa shape index (κ2) is 8.59. The van der Waals surface area contributed by atoms with Gasteiger partial charge in [0.15, 0.2) is 5.16 Å². The predicted octanol–water partition coefficient (Wildman–Crippen LogP) is 0.485. The molecular weight excluding hydrogens is 394 g/mol. The molecule has 27 heavy (non-hydrogen) atoms. The predicted molar refractivity (Wildman–Crippen MR) is 88.4 cm³/mol. The van der Waals surface area contributed by atoms with Crippen LogP contribution in [-0.4, -0.2) is 32.6 Å². The Hall–Kier alpha value is -1.62. The number of aromatic amines is 1. The number of pyridine rings is 1. The SMILES string of the molecule is COc1ccnc(CS(=O)c2nc3ccc(OC(F)(F)F)cc3[nH]2)c1C.[Na+]. The van der Waals surface area contributed by atoms with E-state index in [2.05, 4.69) is 19.7 Å². The molecule has 0 saturated carbocycles. The van der Waals surface area contributed by atoms with Crippen LogP contribution in [0.1, 0.15) is 11.3 Å². The maximum Gasteiger partial charge on any atom is 1.00 e. The fourth-order valence-electron chi connectivity index (χ4n) is 2.39. The van der Waals surface area contributed by atoms with E-state index in [4.69, 9.17) is 4.74 Å². The Morgan fingerprint density at radius 2 is 2.00 bits per heavy atom. The number of imidazole rings is 1. The largest absolute Gasteiger partial charge is 1.00 e. The first kappa shape index (κ1) is 21.7. The van der Waals surface area contributed by atoms with Gasteiger partial charge in [0.05, 0.1) is 40.4 Å². The van der Waals surface area contributed by atoms with Crippen molar-refractivity contribution in [1.82, 2.24) is 15.0 Å². The maximum absolute atomic E-state index is 12.6. The van der Waals surface area contributed by atoms with Crippen LogP contribution >= 0.6 is 0 Å². The average molecular weight is 408 g/mol. The molecule has 3 aromatic rings. The van der Waals surface area contributed by atoms with Crippen molar-refractivity contribution in [2.75, 3.05) is 7.11 Å². The molecule has 3 rings (SSSR count). The number of hydrogen-bond donors (Lipinski definition) is 1. The van der Waals surface area contributed by atoms with Crippen molar-refractivity contribution in [3.8, 4) is 11.5 Å². The molecule has 0 saturated heterocycles. The van der Waals surface area contributed by atoms with Gasteiger partial charge in [0.25, 0.3) is 0 Å². The molecule has 0 aliphatic rings. The Bertz CT molecular complexity index is 978. The first-order valence-electron chi connectivity index (χ1n) is 7.39. The van der Waals surface area contributed by atoms with Crippen LogP contribution in [0.2, 0.25) is 0 Å². The summed E-state index contributed by atoms with van der Waals surface area (Å²) >= 11 is 0. The number of aromatic nitrogens is 3. The molecule has 6 nitrogen and oxygen atoms in total. The van der Waals surface area contributed by atoms with Gasteiger partial charge in [-0.25, -0.2) is 4.98 Å². The molecule has 0 amide bonds. The van der Waals surface area contributed by atoms with Gasteiger partial charge in [-0.15, -0.1) is 13.2 Å². The molecule has 138 valence electrons. The molecule has 1 unspecified atom stereocenters. The van der Waals surface area contributed by atoms with Crippen LogP contribution < -0.4 is 39.0 Å². The summed E-state index contributed by atoms with van der Waals surface area (Å²) in [6, 6.07) is 5.37. The molecule has 2 heterocycles. The van der Waals surface area contributed by atoms with Crippen LogP contribution in [0.4, 0.5) is 13.2 Å². The number of ether oxygens (including phenoxy) is 2. The number of hydrogen-bond acceptors (Lipinski definition) is 5. The topological polar surface area (TPSA) is 77.1 Å². The van der Waals surface area contributed by atoms with Gasteiger partial charge in [0, 0.05) is 17.8 Å². The second-order valence-corrected chi connectivity index (χ2v) is 6.71.